The van der Waals surface area contributed by atoms with E-state index in [0.717, 1.165) is 27.2 Å². The van der Waals surface area contributed by atoms with E-state index in [9.17, 15) is 9.59 Å². The Morgan fingerprint density at radius 1 is 1.19 bits per heavy atom. The number of carbonyl (C=O) groups excluding carboxylic acids is 1. The SMILES string of the molecule is CN(CCOC(=O)NCc1ccc(COc2nc(N)nc3c2N=CC3)cc1)c1ccc2nc(/C=C(\C#N)C(=O)O)sc2c1. The van der Waals surface area contributed by atoms with Gasteiger partial charge in [-0.05, 0) is 35.4 Å². The second-order valence-electron chi connectivity index (χ2n) is 9.39. The summed E-state index contributed by atoms with van der Waals surface area (Å²) in [4.78, 5) is 42.2. The molecule has 0 saturated heterocycles. The Labute approximate surface area is 249 Å². The van der Waals surface area contributed by atoms with Crippen molar-refractivity contribution in [3.8, 4) is 11.9 Å². The van der Waals surface area contributed by atoms with Crippen molar-refractivity contribution in [2.75, 3.05) is 30.8 Å². The lowest BCUT2D eigenvalue weighted by atomic mass is 10.1. The smallest absolute Gasteiger partial charge is 0.407 e. The minimum atomic E-state index is -1.30. The van der Waals surface area contributed by atoms with E-state index in [1.807, 2.05) is 54.4 Å². The number of aromatic nitrogens is 3. The number of thiazole rings is 1. The van der Waals surface area contributed by atoms with Gasteiger partial charge < -0.3 is 30.5 Å². The molecule has 0 unspecified atom stereocenters. The third-order valence-electron chi connectivity index (χ3n) is 6.39. The summed E-state index contributed by atoms with van der Waals surface area (Å²) in [5.74, 6) is -0.792. The summed E-state index contributed by atoms with van der Waals surface area (Å²) < 4.78 is 12.0. The third-order valence-corrected chi connectivity index (χ3v) is 7.35. The van der Waals surface area contributed by atoms with Crippen LogP contribution < -0.4 is 20.7 Å². The molecular formula is C29H26N8O5S. The van der Waals surface area contributed by atoms with Gasteiger partial charge in [0.2, 0.25) is 11.8 Å². The fourth-order valence-corrected chi connectivity index (χ4v) is 5.07. The van der Waals surface area contributed by atoms with E-state index in [1.54, 1.807) is 12.3 Å². The van der Waals surface area contributed by atoms with Gasteiger partial charge in [-0.25, -0.2) is 19.6 Å². The number of hydrogen-bond donors (Lipinski definition) is 3. The predicted octanol–water partition coefficient (Wildman–Crippen LogP) is 3.86. The first-order chi connectivity index (χ1) is 20.8. The highest BCUT2D eigenvalue weighted by molar-refractivity contribution is 7.19. The number of benzene rings is 2. The van der Waals surface area contributed by atoms with Gasteiger partial charge in [0.1, 0.15) is 35.6 Å². The largest absolute Gasteiger partial charge is 0.477 e. The van der Waals surface area contributed by atoms with Crippen LogP contribution in [0.4, 0.5) is 22.1 Å². The van der Waals surface area contributed by atoms with Crippen molar-refractivity contribution in [2.24, 2.45) is 4.99 Å². The normalized spacial score (nSPS) is 12.0. The Hall–Kier alpha value is -5.55. The molecule has 1 aliphatic rings. The van der Waals surface area contributed by atoms with Gasteiger partial charge in [0.15, 0.2) is 0 Å². The van der Waals surface area contributed by atoms with Gasteiger partial charge in [0.05, 0.1) is 22.5 Å². The average Bonchev–Trinajstić information content (AvgIpc) is 3.64. The van der Waals surface area contributed by atoms with Crippen LogP contribution in [0.15, 0.2) is 53.0 Å². The van der Waals surface area contributed by atoms with Gasteiger partial charge in [-0.3, -0.25) is 4.99 Å². The molecule has 0 fully saturated rings. The maximum atomic E-state index is 12.2. The Bertz CT molecular complexity index is 1780. The van der Waals surface area contributed by atoms with Crippen LogP contribution in [0.5, 0.6) is 5.88 Å². The second-order valence-corrected chi connectivity index (χ2v) is 10.5. The van der Waals surface area contributed by atoms with Crippen LogP contribution in [0.25, 0.3) is 16.3 Å². The van der Waals surface area contributed by atoms with E-state index in [4.69, 9.17) is 25.6 Å². The lowest BCUT2D eigenvalue weighted by Gasteiger charge is -2.19. The van der Waals surface area contributed by atoms with Crippen LogP contribution in [0.2, 0.25) is 0 Å². The molecule has 1 aliphatic heterocycles. The Kier molecular flexibility index (Phi) is 8.73. The number of ether oxygens (including phenoxy) is 2. The van der Waals surface area contributed by atoms with Gasteiger partial charge >= 0.3 is 12.1 Å². The fraction of sp³-hybridized carbons (Fsp3) is 0.207. The van der Waals surface area contributed by atoms with Gasteiger partial charge in [0.25, 0.3) is 0 Å². The molecule has 43 heavy (non-hydrogen) atoms. The van der Waals surface area contributed by atoms with Crippen molar-refractivity contribution in [2.45, 2.75) is 19.6 Å². The summed E-state index contributed by atoms with van der Waals surface area (Å²) in [5, 5.41) is 21.2. The van der Waals surface area contributed by atoms with E-state index < -0.39 is 12.1 Å². The van der Waals surface area contributed by atoms with Crippen molar-refractivity contribution < 1.29 is 24.2 Å². The number of nitrogens with two attached hydrogens (primary N) is 1. The van der Waals surface area contributed by atoms with Crippen LogP contribution >= 0.6 is 11.3 Å². The molecule has 2 aromatic heterocycles. The molecule has 218 valence electrons. The van der Waals surface area contributed by atoms with Crippen molar-refractivity contribution in [3.05, 3.63) is 69.9 Å². The molecule has 5 rings (SSSR count). The van der Waals surface area contributed by atoms with Crippen molar-refractivity contribution >= 4 is 63.2 Å². The highest BCUT2D eigenvalue weighted by atomic mass is 32.1. The first-order valence-electron chi connectivity index (χ1n) is 13.1. The molecule has 0 atom stereocenters. The standard InChI is InChI=1S/C29H26N8O5S/c1-37(20-6-7-21-23(13-20)43-24(34-21)12-19(14-30)27(38)39)10-11-41-29(40)33-15-17-2-4-18(5-3-17)16-42-26-25-22(8-9-32-25)35-28(31)36-26/h2-7,9,12-13H,8,10-11,15-16H2,1H3,(H,33,40)(H,38,39)(H2,31,35,36)/b19-12+. The predicted molar refractivity (Wildman–Crippen MR) is 161 cm³/mol. The fourth-order valence-electron chi connectivity index (χ4n) is 4.12. The number of nitriles is 1. The average molecular weight is 599 g/mol. The van der Waals surface area contributed by atoms with Crippen molar-refractivity contribution in [1.82, 2.24) is 20.3 Å². The molecule has 0 aliphatic carbocycles. The number of fused-ring (bicyclic) bond motifs is 2. The highest BCUT2D eigenvalue weighted by Gasteiger charge is 2.17. The monoisotopic (exact) mass is 598 g/mol. The Morgan fingerprint density at radius 3 is 2.74 bits per heavy atom. The van der Waals surface area contributed by atoms with Gasteiger partial charge in [0, 0.05) is 31.9 Å². The number of carboxylic acids is 1. The first kappa shape index (κ1) is 29.0. The van der Waals surface area contributed by atoms with Crippen LogP contribution in [0.3, 0.4) is 0 Å². The zero-order valence-corrected chi connectivity index (χ0v) is 23.8. The zero-order chi connectivity index (χ0) is 30.3. The van der Waals surface area contributed by atoms with Crippen LogP contribution in [-0.4, -0.2) is 58.5 Å². The first-order valence-corrected chi connectivity index (χ1v) is 13.9. The number of nitrogens with zero attached hydrogens (tertiary/aromatic N) is 6. The quantitative estimate of drug-likeness (QED) is 0.168. The minimum Gasteiger partial charge on any atom is -0.477 e. The van der Waals surface area contributed by atoms with Crippen LogP contribution in [0.1, 0.15) is 21.8 Å². The summed E-state index contributed by atoms with van der Waals surface area (Å²) in [5.41, 5.74) is 10.1. The van der Waals surface area contributed by atoms with Gasteiger partial charge in [-0.1, -0.05) is 24.3 Å². The molecule has 0 spiro atoms. The van der Waals surface area contributed by atoms with Gasteiger partial charge in [-0.15, -0.1) is 11.3 Å². The summed E-state index contributed by atoms with van der Waals surface area (Å²) in [7, 11) is 1.87. The van der Waals surface area contributed by atoms with E-state index in [2.05, 4.69) is 25.3 Å². The molecule has 2 aromatic carbocycles. The topological polar surface area (TPSA) is 189 Å². The number of hydrogen-bond acceptors (Lipinski definition) is 12. The molecule has 13 nitrogen and oxygen atoms in total. The number of rotatable bonds is 11. The second kappa shape index (κ2) is 13.0. The highest BCUT2D eigenvalue weighted by Crippen LogP contribution is 2.33. The number of carboxylic acid groups (broad SMARTS) is 1. The number of likely N-dealkylation sites (N-methyl/N-ethyl adjacent to an activating group) is 1. The molecule has 1 amide bonds. The summed E-state index contributed by atoms with van der Waals surface area (Å²) in [6.07, 6.45) is 3.07. The molecule has 14 heteroatoms. The Balaban J connectivity index is 1.06. The van der Waals surface area contributed by atoms with Crippen LogP contribution in [0, 0.1) is 11.3 Å². The summed E-state index contributed by atoms with van der Waals surface area (Å²) in [6, 6.07) is 14.8. The number of aliphatic imine (C=N–C) groups is 1. The lowest BCUT2D eigenvalue weighted by molar-refractivity contribution is -0.132. The lowest BCUT2D eigenvalue weighted by Crippen LogP contribution is -2.28. The molecule has 4 aromatic rings. The van der Waals surface area contributed by atoms with E-state index in [1.165, 1.54) is 17.4 Å². The Morgan fingerprint density at radius 2 is 1.98 bits per heavy atom. The number of alkyl carbamates (subject to hydrolysis) is 1. The molecule has 0 radical (unpaired) electrons. The molecule has 0 saturated carbocycles. The van der Waals surface area contributed by atoms with E-state index in [-0.39, 0.29) is 24.7 Å². The van der Waals surface area contributed by atoms with Crippen LogP contribution in [-0.2, 0) is 29.1 Å². The molecule has 3 heterocycles. The maximum Gasteiger partial charge on any atom is 0.407 e. The maximum absolute atomic E-state index is 12.2. The molecular weight excluding hydrogens is 572 g/mol. The van der Waals surface area contributed by atoms with E-state index >= 15 is 0 Å². The third kappa shape index (κ3) is 7.21. The summed E-state index contributed by atoms with van der Waals surface area (Å²) in [6.45, 7) is 1.19. The minimum absolute atomic E-state index is 0.149. The number of aliphatic carboxylic acids is 1. The van der Waals surface area contributed by atoms with Crippen molar-refractivity contribution in [1.29, 1.82) is 5.26 Å². The van der Waals surface area contributed by atoms with Crippen molar-refractivity contribution in [3.63, 3.8) is 0 Å². The molecule has 0 bridgehead atoms. The number of carbonyl (C=O) groups is 2. The number of anilines is 2. The summed E-state index contributed by atoms with van der Waals surface area (Å²) >= 11 is 1.28. The number of nitrogen functional groups attached to an aromatic ring is 1. The molecule has 4 N–H and O–H groups in total. The van der Waals surface area contributed by atoms with Gasteiger partial charge in [-0.2, -0.15) is 10.2 Å². The zero-order valence-electron chi connectivity index (χ0n) is 23.0. The number of nitrogens with one attached hydrogen (secondary N) is 1. The number of amides is 1. The van der Waals surface area contributed by atoms with E-state index in [0.29, 0.717) is 41.6 Å².